The third-order valence-electron chi connectivity index (χ3n) is 2.18. The van der Waals surface area contributed by atoms with Crippen molar-refractivity contribution in [1.82, 2.24) is 10.2 Å². The standard InChI is InChI=1S/C10H10N2O4S/c13-8(11-4-7-2-1-3-16-7)5-12-9(14)6-17-10(12)15/h1-3H,4-6H2,(H,11,13). The minimum atomic E-state index is -0.384. The molecule has 0 atom stereocenters. The molecular formula is C10H10N2O4S. The molecule has 3 amide bonds. The van der Waals surface area contributed by atoms with Crippen LogP contribution < -0.4 is 5.32 Å². The summed E-state index contributed by atoms with van der Waals surface area (Å²) in [5.74, 6) is 0.0233. The second kappa shape index (κ2) is 5.05. The van der Waals surface area contributed by atoms with Crippen LogP contribution in [0.4, 0.5) is 4.79 Å². The van der Waals surface area contributed by atoms with Crippen LogP contribution >= 0.6 is 11.8 Å². The number of nitrogens with one attached hydrogen (secondary N) is 1. The van der Waals surface area contributed by atoms with Crippen LogP contribution in [0.15, 0.2) is 22.8 Å². The zero-order valence-electron chi connectivity index (χ0n) is 8.84. The van der Waals surface area contributed by atoms with Crippen molar-refractivity contribution in [3.8, 4) is 0 Å². The second-order valence-corrected chi connectivity index (χ2v) is 4.32. The van der Waals surface area contributed by atoms with Gasteiger partial charge in [-0.1, -0.05) is 11.8 Å². The number of nitrogens with zero attached hydrogens (tertiary/aromatic N) is 1. The Kier molecular flexibility index (Phi) is 3.48. The topological polar surface area (TPSA) is 79.6 Å². The first-order valence-corrected chi connectivity index (χ1v) is 5.91. The molecular weight excluding hydrogens is 244 g/mol. The molecule has 1 aliphatic heterocycles. The van der Waals surface area contributed by atoms with Crippen molar-refractivity contribution in [3.05, 3.63) is 24.2 Å². The summed E-state index contributed by atoms with van der Waals surface area (Å²) in [7, 11) is 0. The highest BCUT2D eigenvalue weighted by atomic mass is 32.2. The van der Waals surface area contributed by atoms with E-state index in [1.54, 1.807) is 12.1 Å². The summed E-state index contributed by atoms with van der Waals surface area (Å²) >= 11 is 0.910. The number of carbonyl (C=O) groups is 3. The molecule has 1 N–H and O–H groups in total. The summed E-state index contributed by atoms with van der Waals surface area (Å²) in [6.07, 6.45) is 1.51. The Morgan fingerprint density at radius 3 is 2.94 bits per heavy atom. The molecule has 1 aromatic rings. The van der Waals surface area contributed by atoms with E-state index in [-0.39, 0.29) is 35.9 Å². The van der Waals surface area contributed by atoms with Crippen LogP contribution in [0.5, 0.6) is 0 Å². The summed E-state index contributed by atoms with van der Waals surface area (Å²) < 4.78 is 5.03. The molecule has 90 valence electrons. The van der Waals surface area contributed by atoms with Gasteiger partial charge in [0, 0.05) is 0 Å². The third-order valence-corrected chi connectivity index (χ3v) is 3.04. The molecule has 1 aliphatic rings. The molecule has 0 spiro atoms. The number of furan rings is 1. The van der Waals surface area contributed by atoms with Crippen LogP contribution in [0, 0.1) is 0 Å². The first-order valence-electron chi connectivity index (χ1n) is 4.93. The van der Waals surface area contributed by atoms with Gasteiger partial charge in [0.25, 0.3) is 5.24 Å². The van der Waals surface area contributed by atoms with Crippen LogP contribution in [0.25, 0.3) is 0 Å². The van der Waals surface area contributed by atoms with Crippen molar-refractivity contribution >= 4 is 28.8 Å². The first-order chi connectivity index (χ1) is 8.16. The summed E-state index contributed by atoms with van der Waals surface area (Å²) in [6, 6.07) is 3.44. The quantitative estimate of drug-likeness (QED) is 0.850. The third kappa shape index (κ3) is 2.88. The van der Waals surface area contributed by atoms with Gasteiger partial charge in [0.05, 0.1) is 18.6 Å². The summed E-state index contributed by atoms with van der Waals surface area (Å²) in [5, 5.41) is 2.19. The Morgan fingerprint density at radius 1 is 1.53 bits per heavy atom. The first kappa shape index (κ1) is 11.7. The number of hydrogen-bond acceptors (Lipinski definition) is 5. The molecule has 17 heavy (non-hydrogen) atoms. The van der Waals surface area contributed by atoms with Gasteiger partial charge in [-0.05, 0) is 12.1 Å². The molecule has 0 saturated carbocycles. The lowest BCUT2D eigenvalue weighted by Gasteiger charge is -2.11. The van der Waals surface area contributed by atoms with Crippen LogP contribution in [0.2, 0.25) is 0 Å². The SMILES string of the molecule is O=C(CN1C(=O)CSC1=O)NCc1ccco1. The van der Waals surface area contributed by atoms with E-state index in [4.69, 9.17) is 4.42 Å². The van der Waals surface area contributed by atoms with E-state index in [0.29, 0.717) is 5.76 Å². The van der Waals surface area contributed by atoms with Crippen molar-refractivity contribution in [2.24, 2.45) is 0 Å². The van der Waals surface area contributed by atoms with Gasteiger partial charge in [-0.3, -0.25) is 19.3 Å². The lowest BCUT2D eigenvalue weighted by atomic mass is 10.4. The van der Waals surface area contributed by atoms with Crippen LogP contribution in [-0.2, 0) is 16.1 Å². The normalized spacial score (nSPS) is 15.4. The summed E-state index contributed by atoms with van der Waals surface area (Å²) in [6.45, 7) is 0.0145. The van der Waals surface area contributed by atoms with E-state index in [2.05, 4.69) is 5.32 Å². The largest absolute Gasteiger partial charge is 0.467 e. The Balaban J connectivity index is 1.81. The average Bonchev–Trinajstić information content (AvgIpc) is 2.91. The highest BCUT2D eigenvalue weighted by Crippen LogP contribution is 2.17. The van der Waals surface area contributed by atoms with Gasteiger partial charge in [-0.15, -0.1) is 0 Å². The fourth-order valence-electron chi connectivity index (χ4n) is 1.33. The molecule has 0 aromatic carbocycles. The molecule has 2 rings (SSSR count). The average molecular weight is 254 g/mol. The van der Waals surface area contributed by atoms with E-state index in [9.17, 15) is 14.4 Å². The number of carbonyl (C=O) groups excluding carboxylic acids is 3. The molecule has 0 unspecified atom stereocenters. The van der Waals surface area contributed by atoms with Crippen LogP contribution in [0.1, 0.15) is 5.76 Å². The maximum Gasteiger partial charge on any atom is 0.289 e. The van der Waals surface area contributed by atoms with Gasteiger partial charge in [-0.2, -0.15) is 0 Å². The monoisotopic (exact) mass is 254 g/mol. The molecule has 0 aliphatic carbocycles. The molecule has 1 aromatic heterocycles. The number of thioether (sulfide) groups is 1. The Bertz CT molecular complexity index is 427. The van der Waals surface area contributed by atoms with Gasteiger partial charge < -0.3 is 9.73 Å². The highest BCUT2D eigenvalue weighted by molar-refractivity contribution is 8.14. The predicted molar refractivity (Wildman–Crippen MR) is 60.1 cm³/mol. The van der Waals surface area contributed by atoms with Gasteiger partial charge >= 0.3 is 0 Å². The lowest BCUT2D eigenvalue weighted by Crippen LogP contribution is -2.39. The van der Waals surface area contributed by atoms with Crippen LogP contribution in [-0.4, -0.2) is 34.3 Å². The molecule has 7 heteroatoms. The summed E-state index contributed by atoms with van der Waals surface area (Å²) in [5.41, 5.74) is 0. The minimum absolute atomic E-state index is 0.115. The highest BCUT2D eigenvalue weighted by Gasteiger charge is 2.31. The van der Waals surface area contributed by atoms with Crippen molar-refractivity contribution < 1.29 is 18.8 Å². The van der Waals surface area contributed by atoms with E-state index in [1.165, 1.54) is 6.26 Å². The van der Waals surface area contributed by atoms with Gasteiger partial charge in [0.1, 0.15) is 12.3 Å². The molecule has 2 heterocycles. The fourth-order valence-corrected chi connectivity index (χ4v) is 2.06. The minimum Gasteiger partial charge on any atom is -0.467 e. The van der Waals surface area contributed by atoms with Crippen molar-refractivity contribution in [1.29, 1.82) is 0 Å². The number of rotatable bonds is 4. The van der Waals surface area contributed by atoms with Gasteiger partial charge in [0.2, 0.25) is 11.8 Å². The fraction of sp³-hybridized carbons (Fsp3) is 0.300. The van der Waals surface area contributed by atoms with Gasteiger partial charge in [0.15, 0.2) is 0 Å². The van der Waals surface area contributed by atoms with Crippen molar-refractivity contribution in [3.63, 3.8) is 0 Å². The lowest BCUT2D eigenvalue weighted by molar-refractivity contribution is -0.130. The molecule has 0 radical (unpaired) electrons. The van der Waals surface area contributed by atoms with Crippen molar-refractivity contribution in [2.75, 3.05) is 12.3 Å². The zero-order valence-corrected chi connectivity index (χ0v) is 9.66. The summed E-state index contributed by atoms with van der Waals surface area (Å²) in [4.78, 5) is 34.9. The van der Waals surface area contributed by atoms with E-state index < -0.39 is 0 Å². The van der Waals surface area contributed by atoms with Crippen LogP contribution in [0.3, 0.4) is 0 Å². The second-order valence-electron chi connectivity index (χ2n) is 3.39. The molecule has 6 nitrogen and oxygen atoms in total. The van der Waals surface area contributed by atoms with E-state index >= 15 is 0 Å². The zero-order chi connectivity index (χ0) is 12.3. The molecule has 0 bridgehead atoms. The molecule has 1 saturated heterocycles. The van der Waals surface area contributed by atoms with E-state index in [0.717, 1.165) is 16.7 Å². The van der Waals surface area contributed by atoms with Crippen molar-refractivity contribution in [2.45, 2.75) is 6.54 Å². The number of imide groups is 1. The Morgan fingerprint density at radius 2 is 2.35 bits per heavy atom. The Labute approximate surface area is 101 Å². The predicted octanol–water partition coefficient (Wildman–Crippen LogP) is 0.591. The smallest absolute Gasteiger partial charge is 0.289 e. The molecule has 1 fully saturated rings. The number of hydrogen-bond donors (Lipinski definition) is 1. The number of amides is 3. The maximum absolute atomic E-state index is 11.5. The van der Waals surface area contributed by atoms with Gasteiger partial charge in [-0.25, -0.2) is 0 Å². The van der Waals surface area contributed by atoms with E-state index in [1.807, 2.05) is 0 Å². The maximum atomic E-state index is 11.5. The Hall–Kier alpha value is -1.76.